The summed E-state index contributed by atoms with van der Waals surface area (Å²) in [5, 5.41) is 20.0. The summed E-state index contributed by atoms with van der Waals surface area (Å²) in [6.45, 7) is 3.02. The minimum atomic E-state index is -3.65. The van der Waals surface area contributed by atoms with E-state index in [9.17, 15) is 18.6 Å². The van der Waals surface area contributed by atoms with E-state index in [0.717, 1.165) is 26.2 Å². The maximum atomic E-state index is 12.4. The Bertz CT molecular complexity index is 689. The molecule has 0 spiro atoms. The van der Waals surface area contributed by atoms with E-state index < -0.39 is 28.3 Å². The normalized spacial score (nSPS) is 29.1. The number of piperazine rings is 1. The number of nitrogens with one attached hydrogen (secondary N) is 1. The van der Waals surface area contributed by atoms with Gasteiger partial charge in [-0.2, -0.15) is 0 Å². The lowest BCUT2D eigenvalue weighted by Crippen LogP contribution is -2.56. The fourth-order valence-electron chi connectivity index (χ4n) is 3.59. The number of aliphatic hydroxyl groups excluding tert-OH is 2. The Morgan fingerprint density at radius 2 is 1.71 bits per heavy atom. The molecule has 28 heavy (non-hydrogen) atoms. The van der Waals surface area contributed by atoms with Gasteiger partial charge in [-0.05, 0) is 19.2 Å². The Balaban J connectivity index is 0.00000196. The number of benzene rings is 1. The third-order valence-electron chi connectivity index (χ3n) is 5.13. The maximum absolute atomic E-state index is 12.4. The number of aliphatic hydroxyl groups is 2. The zero-order chi connectivity index (χ0) is 18.7. The van der Waals surface area contributed by atoms with Crippen molar-refractivity contribution in [1.29, 1.82) is 0 Å². The van der Waals surface area contributed by atoms with Gasteiger partial charge >= 0.3 is 0 Å². The second-order valence-electron chi connectivity index (χ2n) is 6.88. The summed E-state index contributed by atoms with van der Waals surface area (Å²) in [5.74, 6) is 0. The third kappa shape index (κ3) is 5.78. The molecule has 2 aliphatic heterocycles. The van der Waals surface area contributed by atoms with Crippen molar-refractivity contribution in [3.05, 3.63) is 30.3 Å². The van der Waals surface area contributed by atoms with E-state index in [1.165, 1.54) is 12.1 Å². The lowest BCUT2D eigenvalue weighted by atomic mass is 10.0. The molecule has 2 fully saturated rings. The van der Waals surface area contributed by atoms with Crippen LogP contribution in [0.1, 0.15) is 0 Å². The van der Waals surface area contributed by atoms with E-state index in [1.807, 2.05) is 7.05 Å². The van der Waals surface area contributed by atoms with Crippen LogP contribution in [0.2, 0.25) is 0 Å². The quantitative estimate of drug-likeness (QED) is 0.531. The number of rotatable bonds is 6. The van der Waals surface area contributed by atoms with Gasteiger partial charge in [-0.1, -0.05) is 18.2 Å². The molecule has 0 aliphatic carbocycles. The number of sulfonamides is 1. The Hall–Kier alpha value is -0.490. The smallest absolute Gasteiger partial charge is 0.240 e. The van der Waals surface area contributed by atoms with Crippen LogP contribution in [0.4, 0.5) is 0 Å². The third-order valence-corrected chi connectivity index (χ3v) is 6.57. The summed E-state index contributed by atoms with van der Waals surface area (Å²) in [5.41, 5.74) is 0. The Kier molecular flexibility index (Phi) is 10.1. The van der Waals surface area contributed by atoms with Gasteiger partial charge in [-0.25, -0.2) is 13.1 Å². The molecule has 0 bridgehead atoms. The monoisotopic (exact) mass is 457 g/mol. The SMILES string of the molecule is CN1CCN([C@@H]2[C@H](O)[C@H](CO)O[C@@H]2CNS(=O)(=O)c2ccccc2)CC1.Cl.Cl. The first-order valence-electron chi connectivity index (χ1n) is 8.84. The van der Waals surface area contributed by atoms with Crippen LogP contribution in [0.25, 0.3) is 0 Å². The summed E-state index contributed by atoms with van der Waals surface area (Å²) in [6.07, 6.45) is -2.08. The molecule has 0 unspecified atom stereocenters. The zero-order valence-electron chi connectivity index (χ0n) is 15.7. The van der Waals surface area contributed by atoms with Crippen LogP contribution in [0.5, 0.6) is 0 Å². The molecular weight excluding hydrogens is 429 g/mol. The summed E-state index contributed by atoms with van der Waals surface area (Å²) >= 11 is 0. The Morgan fingerprint density at radius 1 is 1.11 bits per heavy atom. The van der Waals surface area contributed by atoms with Gasteiger partial charge < -0.3 is 19.8 Å². The van der Waals surface area contributed by atoms with Crippen molar-refractivity contribution < 1.29 is 23.4 Å². The van der Waals surface area contributed by atoms with Gasteiger partial charge in [0, 0.05) is 32.7 Å². The molecule has 11 heteroatoms. The number of likely N-dealkylation sites (N-methyl/N-ethyl adjacent to an activating group) is 1. The average molecular weight is 458 g/mol. The van der Waals surface area contributed by atoms with Crippen molar-refractivity contribution in [3.8, 4) is 0 Å². The molecule has 2 saturated heterocycles. The molecule has 162 valence electrons. The number of hydrogen-bond donors (Lipinski definition) is 3. The van der Waals surface area contributed by atoms with E-state index in [0.29, 0.717) is 0 Å². The average Bonchev–Trinajstić information content (AvgIpc) is 2.97. The number of halogens is 2. The second kappa shape index (κ2) is 11.1. The molecule has 8 nitrogen and oxygen atoms in total. The van der Waals surface area contributed by atoms with Gasteiger partial charge in [0.2, 0.25) is 10.0 Å². The van der Waals surface area contributed by atoms with Crippen LogP contribution in [-0.4, -0.2) is 99.2 Å². The minimum absolute atomic E-state index is 0. The number of nitrogens with zero attached hydrogens (tertiary/aromatic N) is 2. The van der Waals surface area contributed by atoms with E-state index in [1.54, 1.807) is 18.2 Å². The van der Waals surface area contributed by atoms with Crippen molar-refractivity contribution in [2.75, 3.05) is 46.4 Å². The zero-order valence-corrected chi connectivity index (χ0v) is 18.1. The van der Waals surface area contributed by atoms with E-state index >= 15 is 0 Å². The molecule has 0 aromatic heterocycles. The van der Waals surface area contributed by atoms with Crippen molar-refractivity contribution in [2.45, 2.75) is 29.2 Å². The summed E-state index contributed by atoms with van der Waals surface area (Å²) in [7, 11) is -1.61. The van der Waals surface area contributed by atoms with Gasteiger partial charge in [0.15, 0.2) is 0 Å². The topological polar surface area (TPSA) is 102 Å². The van der Waals surface area contributed by atoms with Crippen LogP contribution in [0.15, 0.2) is 35.2 Å². The van der Waals surface area contributed by atoms with E-state index in [-0.39, 0.29) is 48.9 Å². The highest BCUT2D eigenvalue weighted by atomic mass is 35.5. The van der Waals surface area contributed by atoms with Gasteiger partial charge in [0.05, 0.1) is 23.6 Å². The highest BCUT2D eigenvalue weighted by molar-refractivity contribution is 7.89. The molecule has 0 saturated carbocycles. The maximum Gasteiger partial charge on any atom is 0.240 e. The first-order valence-corrected chi connectivity index (χ1v) is 10.3. The summed E-state index contributed by atoms with van der Waals surface area (Å²) in [4.78, 5) is 4.52. The molecule has 2 aliphatic rings. The van der Waals surface area contributed by atoms with Crippen LogP contribution in [-0.2, 0) is 14.8 Å². The van der Waals surface area contributed by atoms with E-state index in [4.69, 9.17) is 4.74 Å². The molecule has 0 amide bonds. The summed E-state index contributed by atoms with van der Waals surface area (Å²) < 4.78 is 33.2. The van der Waals surface area contributed by atoms with E-state index in [2.05, 4.69) is 14.5 Å². The molecule has 0 radical (unpaired) electrons. The van der Waals surface area contributed by atoms with Crippen LogP contribution >= 0.6 is 24.8 Å². The Labute approximate surface area is 178 Å². The van der Waals surface area contributed by atoms with Crippen molar-refractivity contribution in [2.24, 2.45) is 0 Å². The molecule has 1 aromatic rings. The Morgan fingerprint density at radius 3 is 2.29 bits per heavy atom. The van der Waals surface area contributed by atoms with Crippen LogP contribution in [0, 0.1) is 0 Å². The molecule has 1 aromatic carbocycles. The standard InChI is InChI=1S/C17H27N3O5S.2ClH/c1-19-7-9-20(10-8-19)16-14(25-15(12-21)17(16)22)11-18-26(23,24)13-5-3-2-4-6-13;;/h2-6,14-18,21-22H,7-12H2,1H3;2*1H/t14-,15+,16+,17-;;/m1../s1. The highest BCUT2D eigenvalue weighted by Gasteiger charge is 2.46. The molecule has 4 atom stereocenters. The first-order chi connectivity index (χ1) is 12.4. The molecule has 3 N–H and O–H groups in total. The van der Waals surface area contributed by atoms with Crippen molar-refractivity contribution in [1.82, 2.24) is 14.5 Å². The predicted octanol–water partition coefficient (Wildman–Crippen LogP) is -0.455. The van der Waals surface area contributed by atoms with Crippen LogP contribution < -0.4 is 4.72 Å². The van der Waals surface area contributed by atoms with Gasteiger partial charge in [-0.15, -0.1) is 24.8 Å². The number of ether oxygens (including phenoxy) is 1. The molecule has 3 rings (SSSR count). The molecular formula is C17H29Cl2N3O5S. The minimum Gasteiger partial charge on any atom is -0.394 e. The number of hydrogen-bond acceptors (Lipinski definition) is 7. The van der Waals surface area contributed by atoms with Crippen molar-refractivity contribution >= 4 is 34.8 Å². The molecule has 2 heterocycles. The van der Waals surface area contributed by atoms with Gasteiger partial charge in [0.25, 0.3) is 0 Å². The summed E-state index contributed by atoms with van der Waals surface area (Å²) in [6, 6.07) is 7.80. The highest BCUT2D eigenvalue weighted by Crippen LogP contribution is 2.26. The van der Waals surface area contributed by atoms with Gasteiger partial charge in [0.1, 0.15) is 12.2 Å². The van der Waals surface area contributed by atoms with Crippen LogP contribution in [0.3, 0.4) is 0 Å². The van der Waals surface area contributed by atoms with Crippen molar-refractivity contribution in [3.63, 3.8) is 0 Å². The first kappa shape index (κ1) is 25.5. The fraction of sp³-hybridized carbons (Fsp3) is 0.647. The largest absolute Gasteiger partial charge is 0.394 e. The lowest BCUT2D eigenvalue weighted by Gasteiger charge is -2.39. The second-order valence-corrected chi connectivity index (χ2v) is 8.65. The fourth-order valence-corrected chi connectivity index (χ4v) is 4.66. The lowest BCUT2D eigenvalue weighted by molar-refractivity contribution is -0.0201. The predicted molar refractivity (Wildman–Crippen MR) is 111 cm³/mol. The van der Waals surface area contributed by atoms with Gasteiger partial charge in [-0.3, -0.25) is 4.90 Å².